The summed E-state index contributed by atoms with van der Waals surface area (Å²) in [6, 6.07) is 1.49. The maximum Gasteiger partial charge on any atom is 0.260 e. The minimum atomic E-state index is -3.45. The molecule has 6 nitrogen and oxygen atoms in total. The predicted octanol–water partition coefficient (Wildman–Crippen LogP) is -0.577. The molecule has 1 aromatic heterocycles. The predicted molar refractivity (Wildman–Crippen MR) is 57.2 cm³/mol. The molecule has 0 aromatic carbocycles. The average Bonchev–Trinajstić information content (AvgIpc) is 2.85. The van der Waals surface area contributed by atoms with Gasteiger partial charge in [0, 0.05) is 26.7 Å². The lowest BCUT2D eigenvalue weighted by Crippen LogP contribution is -2.30. The van der Waals surface area contributed by atoms with Crippen molar-refractivity contribution in [3.63, 3.8) is 0 Å². The Balaban J connectivity index is 2.25. The molecule has 1 N–H and O–H groups in total. The highest BCUT2D eigenvalue weighted by Crippen LogP contribution is 2.23. The SMILES string of the molecule is Cn1nccc1S(=O)(=O)N1CCC(CO)C1. The van der Waals surface area contributed by atoms with E-state index in [1.165, 1.54) is 21.3 Å². The Hall–Kier alpha value is -0.920. The van der Waals surface area contributed by atoms with Crippen molar-refractivity contribution < 1.29 is 13.5 Å². The van der Waals surface area contributed by atoms with Gasteiger partial charge in [0.1, 0.15) is 0 Å². The van der Waals surface area contributed by atoms with Crippen LogP contribution in [0.3, 0.4) is 0 Å². The van der Waals surface area contributed by atoms with Crippen molar-refractivity contribution in [1.29, 1.82) is 0 Å². The second-order valence-corrected chi connectivity index (χ2v) is 5.88. The van der Waals surface area contributed by atoms with Gasteiger partial charge < -0.3 is 5.11 Å². The van der Waals surface area contributed by atoms with E-state index >= 15 is 0 Å². The zero-order valence-corrected chi connectivity index (χ0v) is 9.89. The van der Waals surface area contributed by atoms with Crippen LogP contribution in [0, 0.1) is 5.92 Å². The fourth-order valence-corrected chi connectivity index (χ4v) is 3.54. The zero-order chi connectivity index (χ0) is 11.8. The van der Waals surface area contributed by atoms with Crippen molar-refractivity contribution in [3.8, 4) is 0 Å². The Labute approximate surface area is 94.5 Å². The molecule has 16 heavy (non-hydrogen) atoms. The molecule has 0 saturated carbocycles. The molecule has 0 aliphatic carbocycles. The van der Waals surface area contributed by atoms with E-state index in [-0.39, 0.29) is 17.6 Å². The molecule has 7 heteroatoms. The third-order valence-corrected chi connectivity index (χ3v) is 4.83. The van der Waals surface area contributed by atoms with Gasteiger partial charge in [-0.25, -0.2) is 8.42 Å². The van der Waals surface area contributed by atoms with Crippen molar-refractivity contribution in [2.75, 3.05) is 19.7 Å². The van der Waals surface area contributed by atoms with Crippen molar-refractivity contribution in [1.82, 2.24) is 14.1 Å². The maximum absolute atomic E-state index is 12.2. The summed E-state index contributed by atoms with van der Waals surface area (Å²) in [5.74, 6) is 0.0583. The quantitative estimate of drug-likeness (QED) is 0.773. The van der Waals surface area contributed by atoms with Crippen LogP contribution in [0.5, 0.6) is 0 Å². The van der Waals surface area contributed by atoms with E-state index in [2.05, 4.69) is 5.10 Å². The van der Waals surface area contributed by atoms with Crippen LogP contribution >= 0.6 is 0 Å². The van der Waals surface area contributed by atoms with Crippen molar-refractivity contribution in [2.24, 2.45) is 13.0 Å². The number of aryl methyl sites for hydroxylation is 1. The van der Waals surface area contributed by atoms with Gasteiger partial charge in [0.05, 0.1) is 6.20 Å². The molecule has 1 fully saturated rings. The van der Waals surface area contributed by atoms with Crippen molar-refractivity contribution in [3.05, 3.63) is 12.3 Å². The first kappa shape index (κ1) is 11.6. The number of hydrogen-bond donors (Lipinski definition) is 1. The van der Waals surface area contributed by atoms with E-state index in [4.69, 9.17) is 5.11 Å². The largest absolute Gasteiger partial charge is 0.396 e. The van der Waals surface area contributed by atoms with Gasteiger partial charge in [-0.2, -0.15) is 9.40 Å². The maximum atomic E-state index is 12.2. The zero-order valence-electron chi connectivity index (χ0n) is 9.07. The van der Waals surface area contributed by atoms with Gasteiger partial charge in [-0.1, -0.05) is 0 Å². The summed E-state index contributed by atoms with van der Waals surface area (Å²) in [5, 5.41) is 13.1. The van der Waals surface area contributed by atoms with Gasteiger partial charge in [0.15, 0.2) is 5.03 Å². The van der Waals surface area contributed by atoms with Crippen LogP contribution in [0.1, 0.15) is 6.42 Å². The Morgan fingerprint density at radius 2 is 2.38 bits per heavy atom. The normalized spacial score (nSPS) is 22.8. The van der Waals surface area contributed by atoms with Crippen LogP contribution in [0.4, 0.5) is 0 Å². The Morgan fingerprint density at radius 3 is 2.88 bits per heavy atom. The number of hydrogen-bond acceptors (Lipinski definition) is 4. The molecule has 0 spiro atoms. The molecule has 1 aliphatic rings. The standard InChI is InChI=1S/C9H15N3O3S/c1-11-9(2-4-10-11)16(14,15)12-5-3-8(6-12)7-13/h2,4,8,13H,3,5-7H2,1H3. The number of sulfonamides is 1. The smallest absolute Gasteiger partial charge is 0.260 e. The first-order valence-electron chi connectivity index (χ1n) is 5.14. The van der Waals surface area contributed by atoms with E-state index in [9.17, 15) is 8.42 Å². The van der Waals surface area contributed by atoms with Crippen molar-refractivity contribution in [2.45, 2.75) is 11.4 Å². The molecule has 0 amide bonds. The van der Waals surface area contributed by atoms with Gasteiger partial charge in [-0.05, 0) is 18.4 Å². The molecule has 1 aliphatic heterocycles. The summed E-state index contributed by atoms with van der Waals surface area (Å²) < 4.78 is 27.1. The van der Waals surface area contributed by atoms with Crippen LogP contribution in [0.2, 0.25) is 0 Å². The number of aromatic nitrogens is 2. The van der Waals surface area contributed by atoms with Crippen LogP contribution in [0.15, 0.2) is 17.3 Å². The lowest BCUT2D eigenvalue weighted by molar-refractivity contribution is 0.233. The molecule has 0 radical (unpaired) electrons. The highest BCUT2D eigenvalue weighted by Gasteiger charge is 2.33. The van der Waals surface area contributed by atoms with E-state index < -0.39 is 10.0 Å². The first-order valence-corrected chi connectivity index (χ1v) is 6.58. The van der Waals surface area contributed by atoms with Crippen LogP contribution < -0.4 is 0 Å². The molecule has 1 aromatic rings. The van der Waals surface area contributed by atoms with E-state index in [0.717, 1.165) is 0 Å². The lowest BCUT2D eigenvalue weighted by atomic mass is 10.1. The summed E-state index contributed by atoms with van der Waals surface area (Å²) in [7, 11) is -1.84. The molecular weight excluding hydrogens is 230 g/mol. The van der Waals surface area contributed by atoms with E-state index in [0.29, 0.717) is 19.5 Å². The number of aliphatic hydroxyl groups excluding tert-OH is 1. The second-order valence-electron chi connectivity index (χ2n) is 3.99. The third kappa shape index (κ3) is 1.85. The van der Waals surface area contributed by atoms with Gasteiger partial charge in [0.2, 0.25) is 0 Å². The summed E-state index contributed by atoms with van der Waals surface area (Å²) in [5.41, 5.74) is 0. The molecule has 1 unspecified atom stereocenters. The molecular formula is C9H15N3O3S. The van der Waals surface area contributed by atoms with Crippen LogP contribution in [-0.4, -0.2) is 47.3 Å². The minimum absolute atomic E-state index is 0.0391. The van der Waals surface area contributed by atoms with Crippen LogP contribution in [-0.2, 0) is 17.1 Å². The number of nitrogens with zero attached hydrogens (tertiary/aromatic N) is 3. The molecule has 1 atom stereocenters. The summed E-state index contributed by atoms with van der Waals surface area (Å²) >= 11 is 0. The topological polar surface area (TPSA) is 75.4 Å². The highest BCUT2D eigenvalue weighted by atomic mass is 32.2. The Kier molecular flexibility index (Phi) is 3.00. The molecule has 0 bridgehead atoms. The van der Waals surface area contributed by atoms with E-state index in [1.54, 1.807) is 7.05 Å². The fourth-order valence-electron chi connectivity index (χ4n) is 1.91. The molecule has 2 rings (SSSR count). The Morgan fingerprint density at radius 1 is 1.62 bits per heavy atom. The van der Waals surface area contributed by atoms with Gasteiger partial charge >= 0.3 is 0 Å². The van der Waals surface area contributed by atoms with Gasteiger partial charge in [-0.15, -0.1) is 0 Å². The summed E-state index contributed by atoms with van der Waals surface area (Å²) in [4.78, 5) is 0. The average molecular weight is 245 g/mol. The van der Waals surface area contributed by atoms with Crippen molar-refractivity contribution >= 4 is 10.0 Å². The molecule has 2 heterocycles. The lowest BCUT2D eigenvalue weighted by Gasteiger charge is -2.15. The first-order chi connectivity index (χ1) is 7.55. The second kappa shape index (κ2) is 4.15. The van der Waals surface area contributed by atoms with Gasteiger partial charge in [0.25, 0.3) is 10.0 Å². The Bertz CT molecular complexity index is 468. The van der Waals surface area contributed by atoms with Crippen LogP contribution in [0.25, 0.3) is 0 Å². The highest BCUT2D eigenvalue weighted by molar-refractivity contribution is 7.89. The van der Waals surface area contributed by atoms with Gasteiger partial charge in [-0.3, -0.25) is 4.68 Å². The fraction of sp³-hybridized carbons (Fsp3) is 0.667. The molecule has 1 saturated heterocycles. The monoisotopic (exact) mass is 245 g/mol. The molecule has 90 valence electrons. The third-order valence-electron chi connectivity index (χ3n) is 2.89. The minimum Gasteiger partial charge on any atom is -0.396 e. The summed E-state index contributed by atoms with van der Waals surface area (Å²) in [6.07, 6.45) is 2.18. The number of aliphatic hydroxyl groups is 1. The van der Waals surface area contributed by atoms with E-state index in [1.807, 2.05) is 0 Å². The number of rotatable bonds is 3. The summed E-state index contributed by atoms with van der Waals surface area (Å²) in [6.45, 7) is 0.903.